The van der Waals surface area contributed by atoms with Crippen LogP contribution in [0.1, 0.15) is 13.8 Å². The number of nitrogens with one attached hydrogen (secondary N) is 1. The number of anilines is 1. The van der Waals surface area contributed by atoms with Crippen LogP contribution in [0.2, 0.25) is 0 Å². The summed E-state index contributed by atoms with van der Waals surface area (Å²) in [4.78, 5) is 16.4. The van der Waals surface area contributed by atoms with Crippen molar-refractivity contribution in [2.75, 3.05) is 31.5 Å². The van der Waals surface area contributed by atoms with Gasteiger partial charge in [-0.25, -0.2) is 4.98 Å². The summed E-state index contributed by atoms with van der Waals surface area (Å²) in [7, 11) is 0. The number of pyridine rings is 1. The summed E-state index contributed by atoms with van der Waals surface area (Å²) >= 11 is 3.27. The molecule has 0 saturated carbocycles. The molecule has 0 saturated heterocycles. The van der Waals surface area contributed by atoms with Crippen LogP contribution < -0.4 is 5.32 Å². The van der Waals surface area contributed by atoms with Gasteiger partial charge in [0.2, 0.25) is 0 Å². The third-order valence-corrected chi connectivity index (χ3v) is 3.26. The SMILES string of the molecule is CCN(CC)CCNc1ncc([N+](=O)[O-])cc1Br. The van der Waals surface area contributed by atoms with Crippen molar-refractivity contribution >= 4 is 27.4 Å². The molecule has 0 radical (unpaired) electrons. The Hall–Kier alpha value is -1.21. The van der Waals surface area contributed by atoms with Gasteiger partial charge in [-0.05, 0) is 29.0 Å². The zero-order valence-electron chi connectivity index (χ0n) is 10.5. The maximum Gasteiger partial charge on any atom is 0.288 e. The molecule has 0 aliphatic carbocycles. The molecule has 0 aliphatic heterocycles. The molecule has 1 N–H and O–H groups in total. The summed E-state index contributed by atoms with van der Waals surface area (Å²) in [6, 6.07) is 1.45. The maximum atomic E-state index is 10.6. The Morgan fingerprint density at radius 3 is 2.67 bits per heavy atom. The summed E-state index contributed by atoms with van der Waals surface area (Å²) < 4.78 is 0.608. The first-order chi connectivity index (χ1) is 8.58. The van der Waals surface area contributed by atoms with Crippen molar-refractivity contribution in [2.24, 2.45) is 0 Å². The number of nitro groups is 1. The summed E-state index contributed by atoms with van der Waals surface area (Å²) in [5.41, 5.74) is -0.0174. The molecule has 0 aromatic carbocycles. The van der Waals surface area contributed by atoms with Crippen molar-refractivity contribution in [3.05, 3.63) is 26.9 Å². The average molecular weight is 317 g/mol. The Morgan fingerprint density at radius 1 is 1.50 bits per heavy atom. The Morgan fingerprint density at radius 2 is 2.17 bits per heavy atom. The van der Waals surface area contributed by atoms with Gasteiger partial charge in [0.15, 0.2) is 0 Å². The number of rotatable bonds is 7. The molecule has 0 atom stereocenters. The van der Waals surface area contributed by atoms with Crippen LogP contribution in [-0.4, -0.2) is 41.0 Å². The summed E-state index contributed by atoms with van der Waals surface area (Å²) in [5.74, 6) is 0.632. The number of hydrogen-bond donors (Lipinski definition) is 1. The van der Waals surface area contributed by atoms with Gasteiger partial charge in [-0.1, -0.05) is 13.8 Å². The topological polar surface area (TPSA) is 71.3 Å². The zero-order chi connectivity index (χ0) is 13.5. The average Bonchev–Trinajstić information content (AvgIpc) is 2.36. The normalized spacial score (nSPS) is 10.7. The largest absolute Gasteiger partial charge is 0.368 e. The summed E-state index contributed by atoms with van der Waals surface area (Å²) in [6.07, 6.45) is 1.25. The highest BCUT2D eigenvalue weighted by Gasteiger charge is 2.10. The van der Waals surface area contributed by atoms with Crippen molar-refractivity contribution in [3.8, 4) is 0 Å². The Labute approximate surface area is 115 Å². The fourth-order valence-electron chi connectivity index (χ4n) is 1.53. The minimum absolute atomic E-state index is 0.0174. The third-order valence-electron chi connectivity index (χ3n) is 2.65. The third kappa shape index (κ3) is 4.23. The van der Waals surface area contributed by atoms with Gasteiger partial charge >= 0.3 is 0 Å². The van der Waals surface area contributed by atoms with Crippen LogP contribution >= 0.6 is 15.9 Å². The molecule has 0 aliphatic rings. The van der Waals surface area contributed by atoms with Gasteiger partial charge in [-0.2, -0.15) is 0 Å². The molecule has 0 bridgehead atoms. The van der Waals surface area contributed by atoms with Crippen molar-refractivity contribution in [2.45, 2.75) is 13.8 Å². The van der Waals surface area contributed by atoms with Gasteiger partial charge in [0.1, 0.15) is 12.0 Å². The number of hydrogen-bond acceptors (Lipinski definition) is 5. The lowest BCUT2D eigenvalue weighted by atomic mass is 10.4. The van der Waals surface area contributed by atoms with Gasteiger partial charge in [0.05, 0.1) is 9.40 Å². The molecule has 1 heterocycles. The number of aromatic nitrogens is 1. The van der Waals surface area contributed by atoms with Gasteiger partial charge in [0, 0.05) is 19.2 Å². The standard InChI is InChI=1S/C11H17BrN4O2/c1-3-15(4-2)6-5-13-11-10(12)7-9(8-14-11)16(17)18/h7-8H,3-6H2,1-2H3,(H,13,14). The number of likely N-dealkylation sites (N-methyl/N-ethyl adjacent to an activating group) is 1. The molecule has 0 unspecified atom stereocenters. The predicted octanol–water partition coefficient (Wildman–Crippen LogP) is 2.51. The van der Waals surface area contributed by atoms with Crippen LogP contribution in [0.4, 0.5) is 11.5 Å². The molecule has 0 fully saturated rings. The van der Waals surface area contributed by atoms with Gasteiger partial charge < -0.3 is 10.2 Å². The molecular formula is C11H17BrN4O2. The summed E-state index contributed by atoms with van der Waals surface area (Å²) in [6.45, 7) is 7.91. The Kier molecular flexibility index (Phi) is 6.00. The fourth-order valence-corrected chi connectivity index (χ4v) is 2.01. The van der Waals surface area contributed by atoms with E-state index in [4.69, 9.17) is 0 Å². The Balaban J connectivity index is 2.55. The highest BCUT2D eigenvalue weighted by atomic mass is 79.9. The van der Waals surface area contributed by atoms with Gasteiger partial charge in [-0.3, -0.25) is 10.1 Å². The minimum atomic E-state index is -0.461. The van der Waals surface area contributed by atoms with Crippen LogP contribution in [0.5, 0.6) is 0 Å². The van der Waals surface area contributed by atoms with Gasteiger partial charge in [-0.15, -0.1) is 0 Å². The fraction of sp³-hybridized carbons (Fsp3) is 0.545. The minimum Gasteiger partial charge on any atom is -0.368 e. The van der Waals surface area contributed by atoms with Crippen molar-refractivity contribution < 1.29 is 4.92 Å². The van der Waals surface area contributed by atoms with Gasteiger partial charge in [0.25, 0.3) is 5.69 Å². The highest BCUT2D eigenvalue weighted by molar-refractivity contribution is 9.10. The lowest BCUT2D eigenvalue weighted by Crippen LogP contribution is -2.28. The molecule has 100 valence electrons. The van der Waals surface area contributed by atoms with E-state index < -0.39 is 4.92 Å². The molecule has 7 heteroatoms. The van der Waals surface area contributed by atoms with E-state index in [1.54, 1.807) is 0 Å². The molecule has 1 aromatic heterocycles. The van der Waals surface area contributed by atoms with E-state index >= 15 is 0 Å². The van der Waals surface area contributed by atoms with E-state index in [1.807, 2.05) is 0 Å². The second kappa shape index (κ2) is 7.27. The van der Waals surface area contributed by atoms with Crippen LogP contribution in [0.3, 0.4) is 0 Å². The molecule has 1 aromatic rings. The van der Waals surface area contributed by atoms with E-state index in [0.717, 1.165) is 26.2 Å². The van der Waals surface area contributed by atoms with Crippen molar-refractivity contribution in [1.29, 1.82) is 0 Å². The molecule has 6 nitrogen and oxygen atoms in total. The predicted molar refractivity (Wildman–Crippen MR) is 74.9 cm³/mol. The zero-order valence-corrected chi connectivity index (χ0v) is 12.1. The smallest absolute Gasteiger partial charge is 0.288 e. The second-order valence-electron chi connectivity index (χ2n) is 3.73. The molecule has 18 heavy (non-hydrogen) atoms. The number of nitrogens with zero attached hydrogens (tertiary/aromatic N) is 3. The first-order valence-corrected chi connectivity index (χ1v) is 6.64. The van der Waals surface area contributed by atoms with Crippen LogP contribution in [-0.2, 0) is 0 Å². The quantitative estimate of drug-likeness (QED) is 0.618. The maximum absolute atomic E-state index is 10.6. The lowest BCUT2D eigenvalue weighted by molar-refractivity contribution is -0.385. The van der Waals surface area contributed by atoms with Crippen molar-refractivity contribution in [1.82, 2.24) is 9.88 Å². The van der Waals surface area contributed by atoms with Crippen LogP contribution in [0, 0.1) is 10.1 Å². The van der Waals surface area contributed by atoms with E-state index in [9.17, 15) is 10.1 Å². The lowest BCUT2D eigenvalue weighted by Gasteiger charge is -2.18. The summed E-state index contributed by atoms with van der Waals surface area (Å²) in [5, 5.41) is 13.7. The molecular weight excluding hydrogens is 300 g/mol. The first-order valence-electron chi connectivity index (χ1n) is 5.84. The van der Waals surface area contributed by atoms with E-state index in [-0.39, 0.29) is 5.69 Å². The molecule has 0 spiro atoms. The van der Waals surface area contributed by atoms with Crippen LogP contribution in [0.15, 0.2) is 16.7 Å². The number of halogens is 1. The van der Waals surface area contributed by atoms with E-state index in [0.29, 0.717) is 10.3 Å². The molecule has 0 amide bonds. The monoisotopic (exact) mass is 316 g/mol. The van der Waals surface area contributed by atoms with Crippen molar-refractivity contribution in [3.63, 3.8) is 0 Å². The highest BCUT2D eigenvalue weighted by Crippen LogP contribution is 2.24. The molecule has 1 rings (SSSR count). The second-order valence-corrected chi connectivity index (χ2v) is 4.59. The van der Waals surface area contributed by atoms with Crippen LogP contribution in [0.25, 0.3) is 0 Å². The Bertz CT molecular complexity index is 410. The van der Waals surface area contributed by atoms with E-state index in [1.165, 1.54) is 12.3 Å². The van der Waals surface area contributed by atoms with E-state index in [2.05, 4.69) is 45.0 Å². The first kappa shape index (κ1) is 14.8.